The molecule has 0 radical (unpaired) electrons. The minimum atomic E-state index is -1.03. The van der Waals surface area contributed by atoms with Crippen LogP contribution < -0.4 is 0 Å². The van der Waals surface area contributed by atoms with E-state index in [1.165, 1.54) is 0 Å². The van der Waals surface area contributed by atoms with Crippen LogP contribution in [0.4, 0.5) is 0 Å². The maximum absolute atomic E-state index is 11.7. The van der Waals surface area contributed by atoms with E-state index in [-0.39, 0.29) is 16.9 Å². The van der Waals surface area contributed by atoms with Gasteiger partial charge in [-0.3, -0.25) is 9.00 Å². The summed E-state index contributed by atoms with van der Waals surface area (Å²) in [6.45, 7) is 3.73. The predicted octanol–water partition coefficient (Wildman–Crippen LogP) is 1.15. The van der Waals surface area contributed by atoms with Crippen LogP contribution in [0.5, 0.6) is 0 Å². The maximum Gasteiger partial charge on any atom is 0.306 e. The van der Waals surface area contributed by atoms with Gasteiger partial charge in [-0.15, -0.1) is 0 Å². The molecule has 1 atom stereocenters. The van der Waals surface area contributed by atoms with Gasteiger partial charge in [-0.2, -0.15) is 0 Å². The van der Waals surface area contributed by atoms with E-state index in [4.69, 9.17) is 5.11 Å². The van der Waals surface area contributed by atoms with Crippen molar-refractivity contribution in [2.75, 3.05) is 5.75 Å². The highest BCUT2D eigenvalue weighted by Crippen LogP contribution is 2.33. The Labute approximate surface area is 98.5 Å². The minimum absolute atomic E-state index is 0.0428. The standard InChI is InChI=1S/C11H20O4S/c1-8(2)16(15)7-11(14)5-3-9(4-6-11)10(12)13/h8-9,14H,3-7H2,1-2H3,(H,12,13). The van der Waals surface area contributed by atoms with Crippen molar-refractivity contribution in [2.24, 2.45) is 5.92 Å². The summed E-state index contributed by atoms with van der Waals surface area (Å²) in [5, 5.41) is 19.1. The summed E-state index contributed by atoms with van der Waals surface area (Å²) < 4.78 is 11.7. The molecule has 0 spiro atoms. The molecule has 5 heteroatoms. The lowest BCUT2D eigenvalue weighted by Crippen LogP contribution is -2.41. The van der Waals surface area contributed by atoms with Crippen LogP contribution in [-0.4, -0.2) is 37.0 Å². The van der Waals surface area contributed by atoms with E-state index < -0.39 is 22.4 Å². The molecule has 2 N–H and O–H groups in total. The van der Waals surface area contributed by atoms with Gasteiger partial charge in [0, 0.05) is 16.0 Å². The van der Waals surface area contributed by atoms with Crippen LogP contribution >= 0.6 is 0 Å². The normalized spacial score (nSPS) is 32.6. The van der Waals surface area contributed by atoms with Crippen LogP contribution in [0, 0.1) is 5.92 Å². The van der Waals surface area contributed by atoms with Crippen molar-refractivity contribution in [3.63, 3.8) is 0 Å². The first-order valence-corrected chi connectivity index (χ1v) is 7.05. The fourth-order valence-electron chi connectivity index (χ4n) is 1.98. The number of carbonyl (C=O) groups is 1. The van der Waals surface area contributed by atoms with Crippen LogP contribution in [0.25, 0.3) is 0 Å². The quantitative estimate of drug-likeness (QED) is 0.782. The molecule has 1 fully saturated rings. The van der Waals surface area contributed by atoms with Crippen molar-refractivity contribution in [3.05, 3.63) is 0 Å². The molecule has 16 heavy (non-hydrogen) atoms. The van der Waals surface area contributed by atoms with Gasteiger partial charge in [0.25, 0.3) is 0 Å². The Morgan fingerprint density at radius 3 is 2.31 bits per heavy atom. The molecule has 0 heterocycles. The maximum atomic E-state index is 11.7. The van der Waals surface area contributed by atoms with E-state index in [0.717, 1.165) is 0 Å². The Balaban J connectivity index is 2.50. The van der Waals surface area contributed by atoms with Crippen molar-refractivity contribution in [1.29, 1.82) is 0 Å². The van der Waals surface area contributed by atoms with Crippen LogP contribution in [0.2, 0.25) is 0 Å². The van der Waals surface area contributed by atoms with Gasteiger partial charge in [-0.25, -0.2) is 0 Å². The van der Waals surface area contributed by atoms with E-state index >= 15 is 0 Å². The summed E-state index contributed by atoms with van der Waals surface area (Å²) in [7, 11) is -1.03. The van der Waals surface area contributed by atoms with Crippen LogP contribution in [0.15, 0.2) is 0 Å². The summed E-state index contributed by atoms with van der Waals surface area (Å²) in [5.74, 6) is -0.850. The molecular formula is C11H20O4S. The Hall–Kier alpha value is -0.420. The summed E-state index contributed by atoms with van der Waals surface area (Å²) in [4.78, 5) is 10.8. The second kappa shape index (κ2) is 5.27. The molecule has 1 aliphatic carbocycles. The van der Waals surface area contributed by atoms with Gasteiger partial charge in [-0.05, 0) is 25.7 Å². The van der Waals surface area contributed by atoms with Crippen LogP contribution in [0.3, 0.4) is 0 Å². The molecule has 1 rings (SSSR count). The zero-order valence-corrected chi connectivity index (χ0v) is 10.6. The third-order valence-electron chi connectivity index (χ3n) is 3.20. The molecule has 0 aliphatic heterocycles. The Morgan fingerprint density at radius 1 is 1.44 bits per heavy atom. The van der Waals surface area contributed by atoms with E-state index in [1.54, 1.807) is 0 Å². The molecule has 0 aromatic heterocycles. The van der Waals surface area contributed by atoms with Crippen LogP contribution in [-0.2, 0) is 15.6 Å². The molecular weight excluding hydrogens is 228 g/mol. The lowest BCUT2D eigenvalue weighted by molar-refractivity contribution is -0.144. The summed E-state index contributed by atoms with van der Waals surface area (Å²) in [6.07, 6.45) is 1.87. The molecule has 0 bridgehead atoms. The molecule has 0 amide bonds. The van der Waals surface area contributed by atoms with Gasteiger partial charge in [0.2, 0.25) is 0 Å². The lowest BCUT2D eigenvalue weighted by Gasteiger charge is -2.34. The average molecular weight is 248 g/mol. The van der Waals surface area contributed by atoms with Crippen molar-refractivity contribution >= 4 is 16.8 Å². The minimum Gasteiger partial charge on any atom is -0.481 e. The molecule has 0 saturated heterocycles. The van der Waals surface area contributed by atoms with Gasteiger partial charge in [0.15, 0.2) is 0 Å². The predicted molar refractivity (Wildman–Crippen MR) is 62.7 cm³/mol. The topological polar surface area (TPSA) is 74.6 Å². The van der Waals surface area contributed by atoms with Gasteiger partial charge < -0.3 is 10.2 Å². The number of rotatable bonds is 4. The summed E-state index contributed by atoms with van der Waals surface area (Å²) in [6, 6.07) is 0. The lowest BCUT2D eigenvalue weighted by atomic mass is 9.80. The fraction of sp³-hybridized carbons (Fsp3) is 0.909. The Kier molecular flexibility index (Phi) is 4.50. The van der Waals surface area contributed by atoms with E-state index in [2.05, 4.69) is 0 Å². The van der Waals surface area contributed by atoms with Gasteiger partial charge in [0.05, 0.1) is 17.3 Å². The average Bonchev–Trinajstić information content (AvgIpc) is 2.17. The first-order chi connectivity index (χ1) is 7.34. The van der Waals surface area contributed by atoms with E-state index in [9.17, 15) is 14.1 Å². The molecule has 94 valence electrons. The smallest absolute Gasteiger partial charge is 0.306 e. The highest BCUT2D eigenvalue weighted by Gasteiger charge is 2.37. The van der Waals surface area contributed by atoms with E-state index in [1.807, 2.05) is 13.8 Å². The second-order valence-corrected chi connectivity index (χ2v) is 6.90. The highest BCUT2D eigenvalue weighted by atomic mass is 32.2. The summed E-state index contributed by atoms with van der Waals surface area (Å²) in [5.41, 5.74) is -0.916. The number of aliphatic carboxylic acids is 1. The van der Waals surface area contributed by atoms with E-state index in [0.29, 0.717) is 25.7 Å². The molecule has 0 aromatic rings. The number of carboxylic acids is 1. The second-order valence-electron chi connectivity index (χ2n) is 4.91. The van der Waals surface area contributed by atoms with Gasteiger partial charge in [0.1, 0.15) is 0 Å². The Bertz CT molecular complexity index is 280. The molecule has 1 aliphatic rings. The first kappa shape index (κ1) is 13.6. The number of aliphatic hydroxyl groups is 1. The molecule has 1 unspecified atom stereocenters. The zero-order valence-electron chi connectivity index (χ0n) is 9.81. The van der Waals surface area contributed by atoms with Gasteiger partial charge in [-0.1, -0.05) is 13.8 Å². The number of hydrogen-bond donors (Lipinski definition) is 2. The van der Waals surface area contributed by atoms with Crippen molar-refractivity contribution in [3.8, 4) is 0 Å². The number of hydrogen-bond acceptors (Lipinski definition) is 3. The Morgan fingerprint density at radius 2 is 1.94 bits per heavy atom. The molecule has 0 aromatic carbocycles. The fourth-order valence-corrected chi connectivity index (χ4v) is 3.13. The van der Waals surface area contributed by atoms with Crippen molar-refractivity contribution in [2.45, 2.75) is 50.4 Å². The highest BCUT2D eigenvalue weighted by molar-refractivity contribution is 7.85. The molecule has 1 saturated carbocycles. The van der Waals surface area contributed by atoms with Crippen molar-refractivity contribution < 1.29 is 19.2 Å². The zero-order chi connectivity index (χ0) is 12.3. The molecule has 4 nitrogen and oxygen atoms in total. The summed E-state index contributed by atoms with van der Waals surface area (Å²) >= 11 is 0. The van der Waals surface area contributed by atoms with Crippen molar-refractivity contribution in [1.82, 2.24) is 0 Å². The number of carboxylic acid groups (broad SMARTS) is 1. The first-order valence-electron chi connectivity index (χ1n) is 5.66. The van der Waals surface area contributed by atoms with Crippen LogP contribution in [0.1, 0.15) is 39.5 Å². The monoisotopic (exact) mass is 248 g/mol. The third kappa shape index (κ3) is 3.56. The SMILES string of the molecule is CC(C)S(=O)CC1(O)CCC(C(=O)O)CC1. The third-order valence-corrected chi connectivity index (χ3v) is 5.08. The van der Waals surface area contributed by atoms with Gasteiger partial charge >= 0.3 is 5.97 Å². The largest absolute Gasteiger partial charge is 0.481 e.